The van der Waals surface area contributed by atoms with Crippen LogP contribution in [0.5, 0.6) is 5.75 Å². The quantitative estimate of drug-likeness (QED) is 0.0929. The van der Waals surface area contributed by atoms with Gasteiger partial charge in [0.2, 0.25) is 0 Å². The lowest BCUT2D eigenvalue weighted by Crippen LogP contribution is -2.10. The molecule has 13 heteroatoms. The molecular weight excluding hydrogens is 881 g/mol. The summed E-state index contributed by atoms with van der Waals surface area (Å²) < 4.78 is 8.86. The summed E-state index contributed by atoms with van der Waals surface area (Å²) in [6, 6.07) is 6.61. The van der Waals surface area contributed by atoms with E-state index in [1.165, 1.54) is 0 Å². The molecule has 0 heterocycles. The molecule has 1 atom stereocenters. The first-order valence-corrected chi connectivity index (χ1v) is 14.8. The normalized spacial score (nSPS) is 12.1. The Labute approximate surface area is 262 Å². The maximum Gasteiger partial charge on any atom is 0.343 e. The molecule has 0 aliphatic rings. The number of carbonyl (C=O) groups excluding carboxylic acids is 1. The predicted octanol–water partition coefficient (Wildman–Crippen LogP) is 12.0. The van der Waals surface area contributed by atoms with E-state index in [0.29, 0.717) is 40.3 Å². The van der Waals surface area contributed by atoms with Gasteiger partial charge in [0, 0.05) is 10.0 Å². The van der Waals surface area contributed by atoms with Crippen molar-refractivity contribution in [1.82, 2.24) is 0 Å². The van der Waals surface area contributed by atoms with Crippen molar-refractivity contribution >= 4 is 156 Å². The summed E-state index contributed by atoms with van der Waals surface area (Å²) in [7, 11) is 0. The highest BCUT2D eigenvalue weighted by molar-refractivity contribution is 9.15. The zero-order valence-corrected chi connectivity index (χ0v) is 28.0. The molecule has 0 radical (unpaired) electrons. The van der Waals surface area contributed by atoms with E-state index in [2.05, 4.69) is 92.3 Å². The third-order valence-corrected chi connectivity index (χ3v) is 13.2. The van der Waals surface area contributed by atoms with Crippen LogP contribution in [0.4, 0.5) is 0 Å². The second kappa shape index (κ2) is 11.8. The summed E-state index contributed by atoms with van der Waals surface area (Å²) in [5.74, 6) is -0.254. The van der Waals surface area contributed by atoms with Crippen molar-refractivity contribution in [2.75, 3.05) is 0 Å². The van der Waals surface area contributed by atoms with Gasteiger partial charge in [-0.05, 0) is 97.3 Å². The van der Waals surface area contributed by atoms with Crippen LogP contribution in [0.15, 0.2) is 46.6 Å². The van der Waals surface area contributed by atoms with E-state index in [-0.39, 0.29) is 25.1 Å². The van der Waals surface area contributed by atoms with Crippen LogP contribution in [0.1, 0.15) is 26.7 Å². The van der Waals surface area contributed by atoms with Crippen molar-refractivity contribution in [3.8, 4) is 5.75 Å². The fraction of sp³-hybridized carbons (Fsp3) is 0.0500. The summed E-state index contributed by atoms with van der Waals surface area (Å²) >= 11 is 52.9. The molecule has 3 aromatic rings. The summed E-state index contributed by atoms with van der Waals surface area (Å²) in [5, 5.41) is -0.0283. The topological polar surface area (TPSA) is 26.3 Å². The van der Waals surface area contributed by atoms with Gasteiger partial charge >= 0.3 is 5.97 Å². The molecule has 0 N–H and O–H groups in total. The number of halogens is 10. The van der Waals surface area contributed by atoms with Crippen LogP contribution in [0.3, 0.4) is 0 Å². The lowest BCUT2D eigenvalue weighted by molar-refractivity contribution is 0.0732. The minimum absolute atomic E-state index is 0.0687. The minimum atomic E-state index is -0.580. The second-order valence-electron chi connectivity index (χ2n) is 6.30. The molecule has 0 spiro atoms. The van der Waals surface area contributed by atoms with E-state index in [0.717, 1.165) is 4.47 Å². The smallest absolute Gasteiger partial charge is 0.343 e. The van der Waals surface area contributed by atoms with Crippen molar-refractivity contribution in [3.63, 3.8) is 0 Å². The van der Waals surface area contributed by atoms with Crippen LogP contribution in [0.2, 0.25) is 25.1 Å². The van der Waals surface area contributed by atoms with E-state index < -0.39 is 11.2 Å². The Hall–Kier alpha value is 1.33. The SMILES string of the molecule is O=C(Oc1c(Br)c(Br)c(Br)c(Br)c1Br)c1ccc(C(S)c2c(Cl)c(Cl)c(Cl)c(Cl)c2Cl)cc1. The molecule has 1 unspecified atom stereocenters. The molecular formula is C20H6Br5Cl5O2S. The van der Waals surface area contributed by atoms with Gasteiger partial charge in [-0.25, -0.2) is 4.79 Å². The van der Waals surface area contributed by atoms with Crippen LogP contribution in [0, 0.1) is 0 Å². The lowest BCUT2D eigenvalue weighted by Gasteiger charge is -2.18. The van der Waals surface area contributed by atoms with E-state index in [1.54, 1.807) is 24.3 Å². The standard InChI is InChI=1S/C20H6Br5Cl5O2S/c21-8-9(22)11(24)18(12(25)10(8)23)32-20(31)6-3-1-5(2-4-6)19(33)7-13(26)15(28)17(30)16(29)14(7)27/h1-4,19,33H. The molecule has 0 saturated carbocycles. The van der Waals surface area contributed by atoms with Crippen LogP contribution in [-0.2, 0) is 0 Å². The first-order valence-electron chi connectivity index (χ1n) is 8.41. The molecule has 0 saturated heterocycles. The van der Waals surface area contributed by atoms with Gasteiger partial charge in [-0.2, -0.15) is 12.6 Å². The lowest BCUT2D eigenvalue weighted by atomic mass is 10.0. The van der Waals surface area contributed by atoms with Gasteiger partial charge < -0.3 is 4.74 Å². The summed E-state index contributed by atoms with van der Waals surface area (Å²) in [4.78, 5) is 12.8. The number of carbonyl (C=O) groups is 1. The Morgan fingerprint density at radius 3 is 1.55 bits per heavy atom. The molecule has 174 valence electrons. The highest BCUT2D eigenvalue weighted by Crippen LogP contribution is 2.50. The number of esters is 1. The van der Waals surface area contributed by atoms with Gasteiger partial charge in [0.05, 0.1) is 53.8 Å². The van der Waals surface area contributed by atoms with Crippen molar-refractivity contribution in [1.29, 1.82) is 0 Å². The third-order valence-electron chi connectivity index (χ3n) is 4.34. The molecule has 3 rings (SSSR count). The molecule has 3 aromatic carbocycles. The predicted molar refractivity (Wildman–Crippen MR) is 159 cm³/mol. The van der Waals surface area contributed by atoms with Crippen molar-refractivity contribution in [3.05, 3.63) is 88.4 Å². The molecule has 0 amide bonds. The molecule has 2 nitrogen and oxygen atoms in total. The zero-order valence-electron chi connectivity index (χ0n) is 15.4. The largest absolute Gasteiger partial charge is 0.420 e. The number of thiol groups is 1. The average Bonchev–Trinajstić information content (AvgIpc) is 2.81. The van der Waals surface area contributed by atoms with E-state index in [1.807, 2.05) is 0 Å². The molecule has 0 aromatic heterocycles. The molecule has 0 aliphatic heterocycles. The van der Waals surface area contributed by atoms with Gasteiger partial charge in [-0.15, -0.1) is 0 Å². The van der Waals surface area contributed by atoms with E-state index in [9.17, 15) is 4.79 Å². The Morgan fingerprint density at radius 2 is 1.09 bits per heavy atom. The number of benzene rings is 3. The fourth-order valence-corrected chi connectivity index (χ4v) is 7.78. The van der Waals surface area contributed by atoms with E-state index >= 15 is 0 Å². The Morgan fingerprint density at radius 1 is 0.697 bits per heavy atom. The van der Waals surface area contributed by atoms with Crippen molar-refractivity contribution in [2.45, 2.75) is 5.25 Å². The van der Waals surface area contributed by atoms with Crippen LogP contribution in [0.25, 0.3) is 0 Å². The first kappa shape index (κ1) is 28.9. The van der Waals surface area contributed by atoms with Crippen molar-refractivity contribution < 1.29 is 9.53 Å². The minimum Gasteiger partial charge on any atom is -0.420 e. The highest BCUT2D eigenvalue weighted by atomic mass is 79.9. The van der Waals surface area contributed by atoms with Crippen LogP contribution in [-0.4, -0.2) is 5.97 Å². The molecule has 33 heavy (non-hydrogen) atoms. The number of ether oxygens (including phenoxy) is 1. The Kier molecular flexibility index (Phi) is 10.3. The summed E-state index contributed by atoms with van der Waals surface area (Å²) in [6.45, 7) is 0. The second-order valence-corrected chi connectivity index (χ2v) is 12.7. The highest BCUT2D eigenvalue weighted by Gasteiger charge is 2.25. The first-order chi connectivity index (χ1) is 15.4. The maximum absolute atomic E-state index is 12.8. The number of hydrogen-bond acceptors (Lipinski definition) is 3. The average molecular weight is 887 g/mol. The fourth-order valence-electron chi connectivity index (χ4n) is 2.66. The molecule has 0 fully saturated rings. The van der Waals surface area contributed by atoms with Gasteiger partial charge in [0.25, 0.3) is 0 Å². The molecule has 0 bridgehead atoms. The monoisotopic (exact) mass is 879 g/mol. The zero-order chi connectivity index (χ0) is 24.8. The summed E-state index contributed by atoms with van der Waals surface area (Å²) in [6.07, 6.45) is 0. The van der Waals surface area contributed by atoms with Crippen molar-refractivity contribution in [2.24, 2.45) is 0 Å². The molecule has 0 aliphatic carbocycles. The maximum atomic E-state index is 12.8. The van der Waals surface area contributed by atoms with E-state index in [4.69, 9.17) is 62.7 Å². The van der Waals surface area contributed by atoms with Crippen LogP contribution >= 0.6 is 150 Å². The number of hydrogen-bond donors (Lipinski definition) is 1. The van der Waals surface area contributed by atoms with Crippen LogP contribution < -0.4 is 4.74 Å². The summed E-state index contributed by atoms with van der Waals surface area (Å²) in [5.41, 5.74) is 1.43. The van der Waals surface area contributed by atoms with Gasteiger partial charge in [0.1, 0.15) is 0 Å². The third kappa shape index (κ3) is 5.77. The van der Waals surface area contributed by atoms with Gasteiger partial charge in [0.15, 0.2) is 5.75 Å². The van der Waals surface area contributed by atoms with Gasteiger partial charge in [-0.1, -0.05) is 70.1 Å². The van der Waals surface area contributed by atoms with Gasteiger partial charge in [-0.3, -0.25) is 0 Å². The Balaban J connectivity index is 1.91. The Bertz CT molecular complexity index is 1230. The number of rotatable bonds is 4.